The lowest BCUT2D eigenvalue weighted by Gasteiger charge is -2.17. The number of hydrogen-bond donors (Lipinski definition) is 3. The standard InChI is InChI=1S/C13H16N2O4S/c16-11(7-14-12(17)10-5-2-6-20-10)15-9-4-1-3-8(9)13(18)19/h2,5-6,8-9H,1,3-4,7H2,(H,14,17)(H,15,16)(H,18,19). The molecule has 1 aliphatic rings. The second-order valence-corrected chi connectivity index (χ2v) is 5.66. The Labute approximate surface area is 120 Å². The van der Waals surface area contributed by atoms with Gasteiger partial charge in [0.1, 0.15) is 0 Å². The third kappa shape index (κ3) is 3.57. The summed E-state index contributed by atoms with van der Waals surface area (Å²) >= 11 is 1.30. The summed E-state index contributed by atoms with van der Waals surface area (Å²) in [7, 11) is 0. The van der Waals surface area contributed by atoms with Crippen molar-refractivity contribution in [2.75, 3.05) is 6.54 Å². The number of hydrogen-bond acceptors (Lipinski definition) is 4. The molecule has 6 nitrogen and oxygen atoms in total. The van der Waals surface area contributed by atoms with E-state index in [0.717, 1.165) is 6.42 Å². The van der Waals surface area contributed by atoms with Crippen molar-refractivity contribution in [1.82, 2.24) is 10.6 Å². The van der Waals surface area contributed by atoms with E-state index in [1.165, 1.54) is 11.3 Å². The Morgan fingerprint density at radius 3 is 2.80 bits per heavy atom. The maximum Gasteiger partial charge on any atom is 0.308 e. The minimum Gasteiger partial charge on any atom is -0.481 e. The van der Waals surface area contributed by atoms with Crippen LogP contribution in [0.2, 0.25) is 0 Å². The largest absolute Gasteiger partial charge is 0.481 e. The summed E-state index contributed by atoms with van der Waals surface area (Å²) in [6.07, 6.45) is 2.05. The predicted molar refractivity (Wildman–Crippen MR) is 73.6 cm³/mol. The van der Waals surface area contributed by atoms with E-state index in [0.29, 0.717) is 17.7 Å². The average Bonchev–Trinajstić information content (AvgIpc) is 3.06. The van der Waals surface area contributed by atoms with Crippen molar-refractivity contribution in [2.45, 2.75) is 25.3 Å². The van der Waals surface area contributed by atoms with E-state index in [2.05, 4.69) is 10.6 Å². The van der Waals surface area contributed by atoms with E-state index in [4.69, 9.17) is 5.11 Å². The molecule has 0 aliphatic heterocycles. The number of carbonyl (C=O) groups is 3. The van der Waals surface area contributed by atoms with Crippen LogP contribution in [-0.4, -0.2) is 35.5 Å². The Morgan fingerprint density at radius 1 is 1.35 bits per heavy atom. The van der Waals surface area contributed by atoms with Gasteiger partial charge >= 0.3 is 5.97 Å². The van der Waals surface area contributed by atoms with E-state index >= 15 is 0 Å². The van der Waals surface area contributed by atoms with E-state index in [1.807, 2.05) is 0 Å². The minimum atomic E-state index is -0.879. The SMILES string of the molecule is O=C(CNC(=O)c1cccs1)NC1CCCC1C(=O)O. The fourth-order valence-electron chi connectivity index (χ4n) is 2.34. The highest BCUT2D eigenvalue weighted by atomic mass is 32.1. The Balaban J connectivity index is 1.78. The zero-order valence-electron chi connectivity index (χ0n) is 10.8. The first-order valence-corrected chi connectivity index (χ1v) is 7.30. The van der Waals surface area contributed by atoms with Gasteiger partial charge in [0.25, 0.3) is 5.91 Å². The molecule has 108 valence electrons. The van der Waals surface area contributed by atoms with Gasteiger partial charge in [-0.1, -0.05) is 12.5 Å². The first-order valence-electron chi connectivity index (χ1n) is 6.42. The Kier molecular flexibility index (Phi) is 4.73. The lowest BCUT2D eigenvalue weighted by molar-refractivity contribution is -0.142. The van der Waals surface area contributed by atoms with Gasteiger partial charge < -0.3 is 15.7 Å². The number of rotatable bonds is 5. The quantitative estimate of drug-likeness (QED) is 0.750. The van der Waals surface area contributed by atoms with Crippen LogP contribution >= 0.6 is 11.3 Å². The Morgan fingerprint density at radius 2 is 2.15 bits per heavy atom. The Hall–Kier alpha value is -1.89. The van der Waals surface area contributed by atoms with Crippen LogP contribution in [0.1, 0.15) is 28.9 Å². The highest BCUT2D eigenvalue weighted by Crippen LogP contribution is 2.25. The molecule has 1 aromatic heterocycles. The Bertz CT molecular complexity index is 500. The molecule has 7 heteroatoms. The highest BCUT2D eigenvalue weighted by molar-refractivity contribution is 7.12. The molecule has 0 spiro atoms. The summed E-state index contributed by atoms with van der Waals surface area (Å²) in [6, 6.07) is 3.10. The van der Waals surface area contributed by atoms with Crippen LogP contribution in [0, 0.1) is 5.92 Å². The molecular formula is C13H16N2O4S. The van der Waals surface area contributed by atoms with Crippen molar-refractivity contribution in [3.63, 3.8) is 0 Å². The molecule has 0 saturated heterocycles. The average molecular weight is 296 g/mol. The summed E-state index contributed by atoms with van der Waals surface area (Å²) in [5, 5.41) is 16.0. The monoisotopic (exact) mass is 296 g/mol. The maximum absolute atomic E-state index is 11.7. The summed E-state index contributed by atoms with van der Waals surface area (Å²) < 4.78 is 0. The van der Waals surface area contributed by atoms with Crippen LogP contribution in [0.5, 0.6) is 0 Å². The third-order valence-corrected chi connectivity index (χ3v) is 4.20. The molecule has 2 atom stereocenters. The molecule has 20 heavy (non-hydrogen) atoms. The van der Waals surface area contributed by atoms with Crippen molar-refractivity contribution in [1.29, 1.82) is 0 Å². The van der Waals surface area contributed by atoms with Crippen LogP contribution in [0.15, 0.2) is 17.5 Å². The number of nitrogens with one attached hydrogen (secondary N) is 2. The smallest absolute Gasteiger partial charge is 0.308 e. The van der Waals surface area contributed by atoms with E-state index < -0.39 is 11.9 Å². The summed E-state index contributed by atoms with van der Waals surface area (Å²) in [4.78, 5) is 34.9. The van der Waals surface area contributed by atoms with Crippen LogP contribution < -0.4 is 10.6 Å². The number of amides is 2. The lowest BCUT2D eigenvalue weighted by atomic mass is 10.0. The molecular weight excluding hydrogens is 280 g/mol. The zero-order chi connectivity index (χ0) is 14.5. The second kappa shape index (κ2) is 6.51. The molecule has 3 N–H and O–H groups in total. The van der Waals surface area contributed by atoms with Crippen LogP contribution in [-0.2, 0) is 9.59 Å². The van der Waals surface area contributed by atoms with E-state index in [9.17, 15) is 14.4 Å². The third-order valence-electron chi connectivity index (χ3n) is 3.33. The molecule has 2 unspecified atom stereocenters. The first kappa shape index (κ1) is 14.5. The molecule has 0 bridgehead atoms. The summed E-state index contributed by atoms with van der Waals surface area (Å²) in [6.45, 7) is -0.139. The van der Waals surface area contributed by atoms with Gasteiger partial charge in [-0.15, -0.1) is 11.3 Å². The molecule has 2 rings (SSSR count). The zero-order valence-corrected chi connectivity index (χ0v) is 11.6. The van der Waals surface area contributed by atoms with Gasteiger partial charge in [-0.25, -0.2) is 0 Å². The number of carboxylic acid groups (broad SMARTS) is 1. The summed E-state index contributed by atoms with van der Waals surface area (Å²) in [5.74, 6) is -2.05. The maximum atomic E-state index is 11.7. The van der Waals surface area contributed by atoms with Gasteiger partial charge in [0, 0.05) is 6.04 Å². The van der Waals surface area contributed by atoms with Crippen molar-refractivity contribution >= 4 is 29.1 Å². The topological polar surface area (TPSA) is 95.5 Å². The van der Waals surface area contributed by atoms with Gasteiger partial charge in [0.2, 0.25) is 5.91 Å². The second-order valence-electron chi connectivity index (χ2n) is 4.71. The number of aliphatic carboxylic acids is 1. The molecule has 0 aromatic carbocycles. The van der Waals surface area contributed by atoms with Crippen molar-refractivity contribution < 1.29 is 19.5 Å². The molecule has 1 saturated carbocycles. The first-order chi connectivity index (χ1) is 9.58. The van der Waals surface area contributed by atoms with Crippen LogP contribution in [0.25, 0.3) is 0 Å². The molecule has 0 radical (unpaired) electrons. The fourth-order valence-corrected chi connectivity index (χ4v) is 2.98. The van der Waals surface area contributed by atoms with Gasteiger partial charge in [0.15, 0.2) is 0 Å². The number of thiophene rings is 1. The van der Waals surface area contributed by atoms with Crippen molar-refractivity contribution in [3.8, 4) is 0 Å². The van der Waals surface area contributed by atoms with Gasteiger partial charge in [-0.2, -0.15) is 0 Å². The molecule has 1 aliphatic carbocycles. The molecule has 2 amide bonds. The van der Waals surface area contributed by atoms with Gasteiger partial charge in [-0.3, -0.25) is 14.4 Å². The van der Waals surface area contributed by atoms with Gasteiger partial charge in [0.05, 0.1) is 17.3 Å². The molecule has 1 aromatic rings. The predicted octanol–water partition coefficient (Wildman–Crippen LogP) is 0.847. The van der Waals surface area contributed by atoms with Crippen LogP contribution in [0.3, 0.4) is 0 Å². The van der Waals surface area contributed by atoms with Crippen molar-refractivity contribution in [3.05, 3.63) is 22.4 Å². The number of carboxylic acids is 1. The molecule has 1 fully saturated rings. The van der Waals surface area contributed by atoms with E-state index in [-0.39, 0.29) is 24.4 Å². The molecule has 1 heterocycles. The van der Waals surface area contributed by atoms with Gasteiger partial charge in [-0.05, 0) is 24.3 Å². The van der Waals surface area contributed by atoms with Crippen LogP contribution in [0.4, 0.5) is 0 Å². The normalized spacial score (nSPS) is 21.4. The summed E-state index contributed by atoms with van der Waals surface area (Å²) in [5.41, 5.74) is 0. The fraction of sp³-hybridized carbons (Fsp3) is 0.462. The highest BCUT2D eigenvalue weighted by Gasteiger charge is 2.33. The van der Waals surface area contributed by atoms with E-state index in [1.54, 1.807) is 17.5 Å². The number of carbonyl (C=O) groups excluding carboxylic acids is 2. The van der Waals surface area contributed by atoms with Crippen molar-refractivity contribution in [2.24, 2.45) is 5.92 Å². The minimum absolute atomic E-state index is 0.139. The lowest BCUT2D eigenvalue weighted by Crippen LogP contribution is -2.44.